The van der Waals surface area contributed by atoms with E-state index in [0.717, 1.165) is 50.3 Å². The van der Waals surface area contributed by atoms with Crippen LogP contribution in [0.4, 0.5) is 0 Å². The van der Waals surface area contributed by atoms with Gasteiger partial charge in [0.25, 0.3) is 0 Å². The number of aromatic hydroxyl groups is 1. The third-order valence-corrected chi connectivity index (χ3v) is 2.87. The second-order valence-corrected chi connectivity index (χ2v) is 4.72. The Kier molecular flexibility index (Phi) is 6.76. The number of phenols is 1. The van der Waals surface area contributed by atoms with E-state index in [4.69, 9.17) is 4.74 Å². The Hall–Kier alpha value is -1.06. The predicted octanol–water partition coefficient (Wildman–Crippen LogP) is 2.92. The molecule has 18 heavy (non-hydrogen) atoms. The molecule has 0 bridgehead atoms. The summed E-state index contributed by atoms with van der Waals surface area (Å²) in [5, 5.41) is 13.1. The van der Waals surface area contributed by atoms with Crippen LogP contribution in [-0.4, -0.2) is 24.9 Å². The standard InChI is InChI=1S/C15H25NO2/c1-4-7-18-8-5-6-16-11-14-9-12(2)15(17)13(3)10-14/h9-10,16-17H,4-8,11H2,1-3H3. The summed E-state index contributed by atoms with van der Waals surface area (Å²) in [6.45, 7) is 9.48. The van der Waals surface area contributed by atoms with E-state index < -0.39 is 0 Å². The van der Waals surface area contributed by atoms with Crippen molar-refractivity contribution < 1.29 is 9.84 Å². The van der Waals surface area contributed by atoms with E-state index in [1.807, 2.05) is 26.0 Å². The summed E-state index contributed by atoms with van der Waals surface area (Å²) in [4.78, 5) is 0. The number of benzene rings is 1. The van der Waals surface area contributed by atoms with E-state index in [2.05, 4.69) is 12.2 Å². The molecule has 0 aliphatic rings. The summed E-state index contributed by atoms with van der Waals surface area (Å²) in [6.07, 6.45) is 2.12. The molecule has 0 aliphatic heterocycles. The molecule has 0 atom stereocenters. The summed E-state index contributed by atoms with van der Waals surface area (Å²) in [6, 6.07) is 4.06. The Balaban J connectivity index is 2.23. The zero-order valence-corrected chi connectivity index (χ0v) is 11.8. The fourth-order valence-electron chi connectivity index (χ4n) is 1.93. The molecule has 0 aromatic heterocycles. The van der Waals surface area contributed by atoms with Crippen LogP contribution in [0.5, 0.6) is 5.75 Å². The van der Waals surface area contributed by atoms with Gasteiger partial charge in [-0.15, -0.1) is 0 Å². The van der Waals surface area contributed by atoms with Crippen LogP contribution < -0.4 is 5.32 Å². The third-order valence-electron chi connectivity index (χ3n) is 2.87. The lowest BCUT2D eigenvalue weighted by Crippen LogP contribution is -2.16. The van der Waals surface area contributed by atoms with Crippen LogP contribution in [0.3, 0.4) is 0 Å². The molecule has 102 valence electrons. The molecule has 2 N–H and O–H groups in total. The highest BCUT2D eigenvalue weighted by molar-refractivity contribution is 5.42. The number of nitrogens with one attached hydrogen (secondary N) is 1. The van der Waals surface area contributed by atoms with E-state index in [1.54, 1.807) is 0 Å². The number of ether oxygens (including phenoxy) is 1. The Bertz CT molecular complexity index is 341. The van der Waals surface area contributed by atoms with Gasteiger partial charge in [-0.3, -0.25) is 0 Å². The van der Waals surface area contributed by atoms with Gasteiger partial charge < -0.3 is 15.2 Å². The van der Waals surface area contributed by atoms with Gasteiger partial charge in [0.1, 0.15) is 5.75 Å². The summed E-state index contributed by atoms with van der Waals surface area (Å²) in [7, 11) is 0. The van der Waals surface area contributed by atoms with Crippen LogP contribution in [0.2, 0.25) is 0 Å². The fraction of sp³-hybridized carbons (Fsp3) is 0.600. The number of aryl methyl sites for hydroxylation is 2. The van der Waals surface area contributed by atoms with Gasteiger partial charge in [-0.2, -0.15) is 0 Å². The number of phenolic OH excluding ortho intramolecular Hbond substituents is 1. The predicted molar refractivity (Wildman–Crippen MR) is 75.0 cm³/mol. The van der Waals surface area contributed by atoms with Crippen LogP contribution in [0.15, 0.2) is 12.1 Å². The van der Waals surface area contributed by atoms with Crippen molar-refractivity contribution in [2.24, 2.45) is 0 Å². The molecule has 0 saturated heterocycles. The Labute approximate surface area is 110 Å². The van der Waals surface area contributed by atoms with Crippen LogP contribution in [-0.2, 0) is 11.3 Å². The Morgan fingerprint density at radius 2 is 1.83 bits per heavy atom. The van der Waals surface area contributed by atoms with Crippen molar-refractivity contribution in [3.8, 4) is 5.75 Å². The van der Waals surface area contributed by atoms with Crippen molar-refractivity contribution in [1.82, 2.24) is 5.32 Å². The zero-order chi connectivity index (χ0) is 13.4. The van der Waals surface area contributed by atoms with E-state index in [0.29, 0.717) is 5.75 Å². The molecule has 0 heterocycles. The molecule has 0 saturated carbocycles. The molecular formula is C15H25NO2. The second-order valence-electron chi connectivity index (χ2n) is 4.72. The average Bonchev–Trinajstić information content (AvgIpc) is 2.34. The van der Waals surface area contributed by atoms with Gasteiger partial charge >= 0.3 is 0 Å². The molecule has 0 unspecified atom stereocenters. The molecule has 1 aromatic rings. The summed E-state index contributed by atoms with van der Waals surface area (Å²) < 4.78 is 5.42. The van der Waals surface area contributed by atoms with E-state index in [-0.39, 0.29) is 0 Å². The highest BCUT2D eigenvalue weighted by Crippen LogP contribution is 2.22. The summed E-state index contributed by atoms with van der Waals surface area (Å²) in [5.41, 5.74) is 3.11. The van der Waals surface area contributed by atoms with Gasteiger partial charge in [0.2, 0.25) is 0 Å². The first kappa shape index (κ1) is 15.0. The fourth-order valence-corrected chi connectivity index (χ4v) is 1.93. The maximum absolute atomic E-state index is 9.69. The Morgan fingerprint density at radius 3 is 2.44 bits per heavy atom. The van der Waals surface area contributed by atoms with Crippen LogP contribution in [0.1, 0.15) is 36.5 Å². The monoisotopic (exact) mass is 251 g/mol. The van der Waals surface area contributed by atoms with Gasteiger partial charge in [-0.25, -0.2) is 0 Å². The van der Waals surface area contributed by atoms with Gasteiger partial charge in [0.05, 0.1) is 0 Å². The minimum absolute atomic E-state index is 0.409. The lowest BCUT2D eigenvalue weighted by Gasteiger charge is -2.09. The maximum Gasteiger partial charge on any atom is 0.121 e. The van der Waals surface area contributed by atoms with Gasteiger partial charge in [-0.1, -0.05) is 19.1 Å². The molecule has 0 spiro atoms. The minimum atomic E-state index is 0.409. The van der Waals surface area contributed by atoms with Crippen molar-refractivity contribution in [2.75, 3.05) is 19.8 Å². The summed E-state index contributed by atoms with van der Waals surface area (Å²) >= 11 is 0. The van der Waals surface area contributed by atoms with E-state index in [1.165, 1.54) is 5.56 Å². The molecule has 3 nitrogen and oxygen atoms in total. The molecule has 3 heteroatoms. The normalized spacial score (nSPS) is 10.8. The average molecular weight is 251 g/mol. The number of rotatable bonds is 8. The van der Waals surface area contributed by atoms with E-state index in [9.17, 15) is 5.11 Å². The zero-order valence-electron chi connectivity index (χ0n) is 11.8. The smallest absolute Gasteiger partial charge is 0.121 e. The summed E-state index contributed by atoms with van der Waals surface area (Å²) in [5.74, 6) is 0.409. The van der Waals surface area contributed by atoms with Gasteiger partial charge in [-0.05, 0) is 49.9 Å². The molecule has 0 amide bonds. The van der Waals surface area contributed by atoms with Crippen molar-refractivity contribution in [3.05, 3.63) is 28.8 Å². The van der Waals surface area contributed by atoms with Crippen LogP contribution in [0.25, 0.3) is 0 Å². The lowest BCUT2D eigenvalue weighted by molar-refractivity contribution is 0.132. The second kappa shape index (κ2) is 8.11. The number of hydrogen-bond acceptors (Lipinski definition) is 3. The van der Waals surface area contributed by atoms with Crippen molar-refractivity contribution in [2.45, 2.75) is 40.2 Å². The van der Waals surface area contributed by atoms with Crippen molar-refractivity contribution in [1.29, 1.82) is 0 Å². The molecule has 0 fully saturated rings. The van der Waals surface area contributed by atoms with Crippen molar-refractivity contribution in [3.63, 3.8) is 0 Å². The Morgan fingerprint density at radius 1 is 1.17 bits per heavy atom. The first-order valence-electron chi connectivity index (χ1n) is 6.72. The van der Waals surface area contributed by atoms with Crippen LogP contribution in [0, 0.1) is 13.8 Å². The molecule has 1 aromatic carbocycles. The largest absolute Gasteiger partial charge is 0.507 e. The van der Waals surface area contributed by atoms with Gasteiger partial charge in [0.15, 0.2) is 0 Å². The maximum atomic E-state index is 9.69. The first-order valence-corrected chi connectivity index (χ1v) is 6.72. The molecule has 1 rings (SSSR count). The van der Waals surface area contributed by atoms with Gasteiger partial charge in [0, 0.05) is 19.8 Å². The quantitative estimate of drug-likeness (QED) is 0.698. The van der Waals surface area contributed by atoms with Crippen molar-refractivity contribution >= 4 is 0 Å². The minimum Gasteiger partial charge on any atom is -0.507 e. The molecular weight excluding hydrogens is 226 g/mol. The molecule has 0 aliphatic carbocycles. The SMILES string of the molecule is CCCOCCCNCc1cc(C)c(O)c(C)c1. The highest BCUT2D eigenvalue weighted by Gasteiger charge is 2.02. The lowest BCUT2D eigenvalue weighted by atomic mass is 10.1. The highest BCUT2D eigenvalue weighted by atomic mass is 16.5. The topological polar surface area (TPSA) is 41.5 Å². The first-order chi connectivity index (χ1) is 8.65. The number of hydrogen-bond donors (Lipinski definition) is 2. The van der Waals surface area contributed by atoms with E-state index >= 15 is 0 Å². The third kappa shape index (κ3) is 5.07. The molecule has 0 radical (unpaired) electrons. The van der Waals surface area contributed by atoms with Crippen LogP contribution >= 0.6 is 0 Å².